The second kappa shape index (κ2) is 11.3. The lowest BCUT2D eigenvalue weighted by atomic mass is 9.65. The molecule has 8 rings (SSSR count). The van der Waals surface area contributed by atoms with E-state index in [2.05, 4.69) is 99.7 Å². The van der Waals surface area contributed by atoms with Crippen LogP contribution in [0.2, 0.25) is 0 Å². The van der Waals surface area contributed by atoms with Crippen molar-refractivity contribution in [3.05, 3.63) is 47.2 Å². The normalized spacial score (nSPS) is 29.0. The van der Waals surface area contributed by atoms with E-state index in [9.17, 15) is 10.2 Å². The van der Waals surface area contributed by atoms with Crippen molar-refractivity contribution in [3.63, 3.8) is 0 Å². The number of likely N-dealkylation sites (tertiary alicyclic amines) is 2. The van der Waals surface area contributed by atoms with Gasteiger partial charge in [-0.2, -0.15) is 5.10 Å². The monoisotopic (exact) mass is 678 g/mol. The SMILES string of the molecule is CCc1cc(-c2nn(CN3C[C@]4(C)C[C@@H]3CC(C)(C)C4)c(C)c2-c2nc3ccccc3n2C)c(O)c(CN2C[C@]3(C)C[C@@H]2CC(C)(C)C3)c1O. The molecule has 0 spiro atoms. The fourth-order valence-electron chi connectivity index (χ4n) is 11.8. The van der Waals surface area contributed by atoms with Crippen molar-refractivity contribution in [2.75, 3.05) is 13.1 Å². The van der Waals surface area contributed by atoms with Crippen LogP contribution >= 0.6 is 0 Å². The Balaban J connectivity index is 1.25. The Labute approximate surface area is 298 Å². The summed E-state index contributed by atoms with van der Waals surface area (Å²) in [6.07, 6.45) is 7.86. The third-order valence-corrected chi connectivity index (χ3v) is 13.0. The Morgan fingerprint density at radius 3 is 2.10 bits per heavy atom. The Kier molecular flexibility index (Phi) is 7.64. The molecule has 4 aromatic rings. The van der Waals surface area contributed by atoms with Gasteiger partial charge in [0.2, 0.25) is 0 Å². The summed E-state index contributed by atoms with van der Waals surface area (Å²) in [6, 6.07) is 11.2. The molecule has 2 saturated carbocycles. The largest absolute Gasteiger partial charge is 0.507 e. The number of aryl methyl sites for hydroxylation is 2. The minimum atomic E-state index is 0.140. The van der Waals surface area contributed by atoms with Gasteiger partial charge in [0.05, 0.1) is 28.8 Å². The van der Waals surface area contributed by atoms with Gasteiger partial charge in [0.25, 0.3) is 0 Å². The Morgan fingerprint density at radius 1 is 0.840 bits per heavy atom. The van der Waals surface area contributed by atoms with E-state index >= 15 is 0 Å². The van der Waals surface area contributed by atoms with Gasteiger partial charge in [-0.25, -0.2) is 4.98 Å². The van der Waals surface area contributed by atoms with E-state index < -0.39 is 0 Å². The first kappa shape index (κ1) is 33.8. The van der Waals surface area contributed by atoms with E-state index in [0.717, 1.165) is 58.9 Å². The quantitative estimate of drug-likeness (QED) is 0.204. The van der Waals surface area contributed by atoms with Crippen LogP contribution < -0.4 is 0 Å². The van der Waals surface area contributed by atoms with Gasteiger partial charge in [0.15, 0.2) is 0 Å². The van der Waals surface area contributed by atoms with Gasteiger partial charge in [0.1, 0.15) is 23.0 Å². The molecule has 4 fully saturated rings. The maximum Gasteiger partial charge on any atom is 0.144 e. The molecule has 268 valence electrons. The maximum absolute atomic E-state index is 12.3. The number of hydrogen-bond donors (Lipinski definition) is 2. The summed E-state index contributed by atoms with van der Waals surface area (Å²) in [5.74, 6) is 1.20. The number of rotatable bonds is 7. The van der Waals surface area contributed by atoms with Crippen LogP contribution in [0.4, 0.5) is 0 Å². The summed E-state index contributed by atoms with van der Waals surface area (Å²) in [5, 5.41) is 29.4. The molecule has 50 heavy (non-hydrogen) atoms. The number of hydrogen-bond acceptors (Lipinski definition) is 6. The zero-order valence-corrected chi connectivity index (χ0v) is 31.9. The Hall–Kier alpha value is -3.36. The smallest absolute Gasteiger partial charge is 0.144 e. The first-order valence-electron chi connectivity index (χ1n) is 19.0. The number of benzene rings is 2. The minimum absolute atomic E-state index is 0.140. The van der Waals surface area contributed by atoms with Gasteiger partial charge >= 0.3 is 0 Å². The van der Waals surface area contributed by atoms with E-state index in [1.807, 2.05) is 12.1 Å². The van der Waals surface area contributed by atoms with Crippen LogP contribution in [0.3, 0.4) is 0 Å². The number of aromatic hydroxyl groups is 2. The topological polar surface area (TPSA) is 82.6 Å². The first-order chi connectivity index (χ1) is 23.5. The lowest BCUT2D eigenvalue weighted by Crippen LogP contribution is -2.35. The van der Waals surface area contributed by atoms with Crippen LogP contribution in [-0.4, -0.2) is 64.5 Å². The molecule has 4 heterocycles. The van der Waals surface area contributed by atoms with E-state index in [1.54, 1.807) is 0 Å². The van der Waals surface area contributed by atoms with Gasteiger partial charge in [-0.15, -0.1) is 0 Å². The second-order valence-corrected chi connectivity index (χ2v) is 19.1. The van der Waals surface area contributed by atoms with Crippen molar-refractivity contribution < 1.29 is 10.2 Å². The highest BCUT2D eigenvalue weighted by Gasteiger charge is 2.51. The Morgan fingerprint density at radius 2 is 1.46 bits per heavy atom. The summed E-state index contributed by atoms with van der Waals surface area (Å²) in [7, 11) is 2.07. The van der Waals surface area contributed by atoms with Crippen molar-refractivity contribution in [2.24, 2.45) is 28.7 Å². The van der Waals surface area contributed by atoms with E-state index in [4.69, 9.17) is 10.1 Å². The molecule has 4 aliphatic rings. The van der Waals surface area contributed by atoms with Crippen LogP contribution in [0.25, 0.3) is 33.7 Å². The molecule has 8 nitrogen and oxygen atoms in total. The predicted octanol–water partition coefficient (Wildman–Crippen LogP) is 8.64. The van der Waals surface area contributed by atoms with Crippen LogP contribution in [0.1, 0.15) is 104 Å². The molecule has 2 aromatic carbocycles. The summed E-state index contributed by atoms with van der Waals surface area (Å²) in [5.41, 5.74) is 8.06. The number of imidazole rings is 1. The zero-order chi connectivity index (χ0) is 35.5. The highest BCUT2D eigenvalue weighted by Crippen LogP contribution is 2.55. The first-order valence-corrected chi connectivity index (χ1v) is 19.0. The predicted molar refractivity (Wildman–Crippen MR) is 201 cm³/mol. The zero-order valence-electron chi connectivity index (χ0n) is 31.9. The van der Waals surface area contributed by atoms with E-state index in [1.165, 1.54) is 32.1 Å². The van der Waals surface area contributed by atoms with Crippen LogP contribution in [0.5, 0.6) is 11.5 Å². The van der Waals surface area contributed by atoms with Crippen molar-refractivity contribution in [1.29, 1.82) is 0 Å². The van der Waals surface area contributed by atoms with Crippen LogP contribution in [0, 0.1) is 28.6 Å². The molecule has 0 unspecified atom stereocenters. The van der Waals surface area contributed by atoms with Gasteiger partial charge in [-0.3, -0.25) is 14.5 Å². The summed E-state index contributed by atoms with van der Waals surface area (Å²) in [4.78, 5) is 10.3. The number of para-hydroxylation sites is 2. The average Bonchev–Trinajstić information content (AvgIpc) is 3.67. The Bertz CT molecular complexity index is 1990. The summed E-state index contributed by atoms with van der Waals surface area (Å²) < 4.78 is 4.32. The molecule has 8 heteroatoms. The van der Waals surface area contributed by atoms with Gasteiger partial charge < -0.3 is 14.8 Å². The van der Waals surface area contributed by atoms with Gasteiger partial charge in [-0.05, 0) is 97.3 Å². The number of phenolic OH excluding ortho intramolecular Hbond substituents is 2. The molecule has 0 amide bonds. The summed E-state index contributed by atoms with van der Waals surface area (Å²) in [6.45, 7) is 22.0. The highest BCUT2D eigenvalue weighted by molar-refractivity contribution is 5.88. The van der Waals surface area contributed by atoms with Crippen LogP contribution in [0.15, 0.2) is 30.3 Å². The lowest BCUT2D eigenvalue weighted by molar-refractivity contribution is 0.119. The fraction of sp³-hybridized carbons (Fsp3) is 0.619. The molecule has 2 aromatic heterocycles. The molecular formula is C42H58N6O2. The minimum Gasteiger partial charge on any atom is -0.507 e. The summed E-state index contributed by atoms with van der Waals surface area (Å²) >= 11 is 0. The fourth-order valence-corrected chi connectivity index (χ4v) is 11.8. The van der Waals surface area contributed by atoms with Crippen molar-refractivity contribution in [3.8, 4) is 34.1 Å². The van der Waals surface area contributed by atoms with E-state index in [-0.39, 0.29) is 16.9 Å². The standard InChI is InChI=1S/C42H58N6O2/c1-10-27-15-30(37(50)31(36(27)49)20-46-23-41(7)18-28(46)16-39(3,4)21-41)35-34(38-43-32-13-11-12-14-33(32)45(38)9)26(2)48(44-35)25-47-24-42(8)19-29(47)17-40(5,6)22-42/h11-15,28-29,49-50H,10,16-25H2,1-9H3/t28-,29-,41+,42+/m0/s1. The third kappa shape index (κ3) is 5.56. The molecule has 0 radical (unpaired) electrons. The van der Waals surface area contributed by atoms with Gasteiger partial charge in [-0.1, -0.05) is 60.6 Å². The maximum atomic E-state index is 12.3. The molecular weight excluding hydrogens is 621 g/mol. The van der Waals surface area contributed by atoms with E-state index in [0.29, 0.717) is 59.1 Å². The third-order valence-electron chi connectivity index (χ3n) is 13.0. The van der Waals surface area contributed by atoms with Crippen LogP contribution in [-0.2, 0) is 26.7 Å². The average molecular weight is 679 g/mol. The van der Waals surface area contributed by atoms with Crippen molar-refractivity contribution in [1.82, 2.24) is 29.1 Å². The second-order valence-electron chi connectivity index (χ2n) is 19.1. The number of nitrogens with zero attached hydrogens (tertiary/aromatic N) is 6. The number of aromatic nitrogens is 4. The molecule has 4 atom stereocenters. The van der Waals surface area contributed by atoms with Crippen molar-refractivity contribution in [2.45, 2.75) is 126 Å². The molecule has 2 aliphatic heterocycles. The van der Waals surface area contributed by atoms with Crippen molar-refractivity contribution >= 4 is 11.0 Å². The molecule has 2 N–H and O–H groups in total. The molecule has 4 bridgehead atoms. The number of phenols is 2. The highest BCUT2D eigenvalue weighted by atomic mass is 16.3. The molecule has 2 aliphatic carbocycles. The molecule has 2 saturated heterocycles. The lowest BCUT2D eigenvalue weighted by Gasteiger charge is -2.40. The number of fused-ring (bicyclic) bond motifs is 5. The van der Waals surface area contributed by atoms with Gasteiger partial charge in [0, 0.05) is 50.0 Å².